The fourth-order valence-electron chi connectivity index (χ4n) is 4.96. The molecule has 4 aromatic rings. The van der Waals surface area contributed by atoms with Crippen molar-refractivity contribution in [2.24, 2.45) is 7.05 Å². The summed E-state index contributed by atoms with van der Waals surface area (Å²) in [4.78, 5) is 18.9. The zero-order valence-electron chi connectivity index (χ0n) is 21.1. The SMILES string of the molecule is COCC(=O)N1CCC(c2cn(C)nc2OCc2ccc(-c3nc4ccccc4cc3C)cc2)CC1. The third-order valence-corrected chi connectivity index (χ3v) is 6.89. The predicted molar refractivity (Wildman–Crippen MR) is 140 cm³/mol. The van der Waals surface area contributed by atoms with Crippen molar-refractivity contribution in [1.29, 1.82) is 0 Å². The first-order valence-electron chi connectivity index (χ1n) is 12.4. The Morgan fingerprint density at radius 3 is 2.58 bits per heavy atom. The molecular formula is C29H32N4O3. The van der Waals surface area contributed by atoms with Gasteiger partial charge in [-0.3, -0.25) is 9.48 Å². The van der Waals surface area contributed by atoms with Crippen LogP contribution in [0.2, 0.25) is 0 Å². The molecule has 1 aliphatic heterocycles. The van der Waals surface area contributed by atoms with Gasteiger partial charge in [-0.05, 0) is 48.9 Å². The average Bonchev–Trinajstić information content (AvgIpc) is 3.28. The van der Waals surface area contributed by atoms with Crippen LogP contribution in [0, 0.1) is 6.92 Å². The Labute approximate surface area is 211 Å². The Kier molecular flexibility index (Phi) is 7.00. The highest BCUT2D eigenvalue weighted by Gasteiger charge is 2.27. The van der Waals surface area contributed by atoms with Crippen molar-refractivity contribution in [3.05, 3.63) is 77.5 Å². The number of carbonyl (C=O) groups is 1. The van der Waals surface area contributed by atoms with Crippen molar-refractivity contribution >= 4 is 16.8 Å². The molecule has 1 saturated heterocycles. The van der Waals surface area contributed by atoms with Gasteiger partial charge in [0.2, 0.25) is 11.8 Å². The van der Waals surface area contributed by atoms with E-state index in [9.17, 15) is 4.79 Å². The van der Waals surface area contributed by atoms with Gasteiger partial charge in [0.05, 0.1) is 11.2 Å². The van der Waals surface area contributed by atoms with Gasteiger partial charge in [0, 0.05) is 50.0 Å². The number of amides is 1. The first-order valence-corrected chi connectivity index (χ1v) is 12.4. The van der Waals surface area contributed by atoms with Gasteiger partial charge >= 0.3 is 0 Å². The van der Waals surface area contributed by atoms with Gasteiger partial charge in [-0.25, -0.2) is 4.98 Å². The molecule has 3 heterocycles. The lowest BCUT2D eigenvalue weighted by atomic mass is 9.91. The standard InChI is InChI=1S/C29H32N4O3/c1-20-16-24-6-4-5-7-26(24)30-28(20)23-10-8-21(9-11-23)18-36-29-25(17-32(2)31-29)22-12-14-33(15-13-22)27(34)19-35-3/h4-11,16-17,22H,12-15,18-19H2,1-3H3. The molecule has 7 nitrogen and oxygen atoms in total. The van der Waals surface area contributed by atoms with Gasteiger partial charge < -0.3 is 14.4 Å². The summed E-state index contributed by atoms with van der Waals surface area (Å²) >= 11 is 0. The van der Waals surface area contributed by atoms with Crippen LogP contribution in [0.4, 0.5) is 0 Å². The molecule has 7 heteroatoms. The van der Waals surface area contributed by atoms with Crippen LogP contribution < -0.4 is 4.74 Å². The van der Waals surface area contributed by atoms with Crippen molar-refractivity contribution in [3.8, 4) is 17.1 Å². The van der Waals surface area contributed by atoms with Crippen LogP contribution in [0.1, 0.15) is 35.4 Å². The van der Waals surface area contributed by atoms with E-state index < -0.39 is 0 Å². The minimum atomic E-state index is 0.0520. The highest BCUT2D eigenvalue weighted by molar-refractivity contribution is 5.83. The number of nitrogens with zero attached hydrogens (tertiary/aromatic N) is 4. The molecule has 1 amide bonds. The normalized spacial score (nSPS) is 14.4. The number of carbonyl (C=O) groups excluding carboxylic acids is 1. The zero-order chi connectivity index (χ0) is 25.1. The number of fused-ring (bicyclic) bond motifs is 1. The largest absolute Gasteiger partial charge is 0.472 e. The molecule has 0 N–H and O–H groups in total. The molecule has 5 rings (SSSR count). The van der Waals surface area contributed by atoms with Crippen molar-refractivity contribution in [3.63, 3.8) is 0 Å². The predicted octanol–water partition coefficient (Wildman–Crippen LogP) is 4.88. The first kappa shape index (κ1) is 24.0. The Bertz CT molecular complexity index is 1350. The van der Waals surface area contributed by atoms with Gasteiger partial charge in [0.25, 0.3) is 0 Å². The molecule has 0 atom stereocenters. The molecule has 186 valence electrons. The van der Waals surface area contributed by atoms with Crippen molar-refractivity contribution in [2.45, 2.75) is 32.3 Å². The van der Waals surface area contributed by atoms with E-state index in [1.54, 1.807) is 7.11 Å². The maximum atomic E-state index is 12.1. The summed E-state index contributed by atoms with van der Waals surface area (Å²) in [5.74, 6) is 1.05. The minimum Gasteiger partial charge on any atom is -0.472 e. The number of aromatic nitrogens is 3. The lowest BCUT2D eigenvalue weighted by molar-refractivity contribution is -0.136. The molecule has 0 unspecified atom stereocenters. The molecule has 36 heavy (non-hydrogen) atoms. The van der Waals surface area contributed by atoms with Gasteiger partial charge in [-0.15, -0.1) is 5.10 Å². The molecule has 0 saturated carbocycles. The number of pyridine rings is 1. The van der Waals surface area contributed by atoms with E-state index in [2.05, 4.69) is 48.4 Å². The maximum absolute atomic E-state index is 12.1. The van der Waals surface area contributed by atoms with E-state index in [0.717, 1.165) is 64.8 Å². The summed E-state index contributed by atoms with van der Waals surface area (Å²) < 4.78 is 13.0. The van der Waals surface area contributed by atoms with Crippen LogP contribution in [0.15, 0.2) is 60.8 Å². The fourth-order valence-corrected chi connectivity index (χ4v) is 4.96. The van der Waals surface area contributed by atoms with Crippen LogP contribution in [0.3, 0.4) is 0 Å². The average molecular weight is 485 g/mol. The van der Waals surface area contributed by atoms with E-state index in [1.165, 1.54) is 0 Å². The number of benzene rings is 2. The van der Waals surface area contributed by atoms with Crippen molar-refractivity contribution in [1.82, 2.24) is 19.7 Å². The van der Waals surface area contributed by atoms with Crippen molar-refractivity contribution in [2.75, 3.05) is 26.8 Å². The molecule has 0 bridgehead atoms. The van der Waals surface area contributed by atoms with E-state index in [4.69, 9.17) is 14.5 Å². The maximum Gasteiger partial charge on any atom is 0.248 e. The monoisotopic (exact) mass is 484 g/mol. The number of hydrogen-bond donors (Lipinski definition) is 0. The summed E-state index contributed by atoms with van der Waals surface area (Å²) in [6.07, 6.45) is 3.83. The Morgan fingerprint density at radius 2 is 1.83 bits per heavy atom. The number of methoxy groups -OCH3 is 1. The number of para-hydroxylation sites is 1. The summed E-state index contributed by atoms with van der Waals surface area (Å²) in [6.45, 7) is 4.14. The minimum absolute atomic E-state index is 0.0520. The molecule has 1 fully saturated rings. The van der Waals surface area contributed by atoms with E-state index in [0.29, 0.717) is 18.4 Å². The summed E-state index contributed by atoms with van der Waals surface area (Å²) in [5, 5.41) is 5.73. The molecule has 2 aromatic heterocycles. The number of rotatable bonds is 7. The second kappa shape index (κ2) is 10.5. The number of aryl methyl sites for hydroxylation is 2. The fraction of sp³-hybridized carbons (Fsp3) is 0.345. The van der Waals surface area contributed by atoms with Crippen LogP contribution in [-0.2, 0) is 23.2 Å². The third-order valence-electron chi connectivity index (χ3n) is 6.89. The quantitative estimate of drug-likeness (QED) is 0.374. The van der Waals surface area contributed by atoms with Gasteiger partial charge in [0.1, 0.15) is 13.2 Å². The number of hydrogen-bond acceptors (Lipinski definition) is 5. The zero-order valence-corrected chi connectivity index (χ0v) is 21.1. The highest BCUT2D eigenvalue weighted by atomic mass is 16.5. The summed E-state index contributed by atoms with van der Waals surface area (Å²) in [6, 6.07) is 18.8. The van der Waals surface area contributed by atoms with E-state index in [-0.39, 0.29) is 12.5 Å². The molecule has 1 aliphatic rings. The highest BCUT2D eigenvalue weighted by Crippen LogP contribution is 2.34. The van der Waals surface area contributed by atoms with Gasteiger partial charge in [-0.2, -0.15) is 0 Å². The molecule has 2 aromatic carbocycles. The van der Waals surface area contributed by atoms with Crippen LogP contribution in [0.5, 0.6) is 5.88 Å². The van der Waals surface area contributed by atoms with Crippen molar-refractivity contribution < 1.29 is 14.3 Å². The van der Waals surface area contributed by atoms with E-state index in [1.807, 2.05) is 41.0 Å². The topological polar surface area (TPSA) is 69.5 Å². The van der Waals surface area contributed by atoms with Crippen LogP contribution in [0.25, 0.3) is 22.2 Å². The molecule has 0 spiro atoms. The lowest BCUT2D eigenvalue weighted by Gasteiger charge is -2.31. The van der Waals surface area contributed by atoms with Crippen LogP contribution >= 0.6 is 0 Å². The third kappa shape index (κ3) is 5.11. The second-order valence-corrected chi connectivity index (χ2v) is 9.48. The number of piperidine rings is 1. The summed E-state index contributed by atoms with van der Waals surface area (Å²) in [7, 11) is 3.47. The van der Waals surface area contributed by atoms with Crippen LogP contribution in [-0.4, -0.2) is 52.4 Å². The Hall–Kier alpha value is -3.71. The summed E-state index contributed by atoms with van der Waals surface area (Å²) in [5.41, 5.74) is 6.45. The molecule has 0 aliphatic carbocycles. The number of ether oxygens (including phenoxy) is 2. The molecule has 0 radical (unpaired) electrons. The van der Waals surface area contributed by atoms with E-state index >= 15 is 0 Å². The van der Waals surface area contributed by atoms with Gasteiger partial charge in [0.15, 0.2) is 0 Å². The number of likely N-dealkylation sites (tertiary alicyclic amines) is 1. The second-order valence-electron chi connectivity index (χ2n) is 9.48. The Morgan fingerprint density at radius 1 is 1.08 bits per heavy atom. The Balaban J connectivity index is 1.25. The first-order chi connectivity index (χ1) is 17.5. The smallest absolute Gasteiger partial charge is 0.248 e. The molecular weight excluding hydrogens is 452 g/mol. The van der Waals surface area contributed by atoms with Gasteiger partial charge in [-0.1, -0.05) is 42.5 Å². The lowest BCUT2D eigenvalue weighted by Crippen LogP contribution is -2.39.